The van der Waals surface area contributed by atoms with Crippen molar-refractivity contribution in [3.8, 4) is 5.88 Å². The van der Waals surface area contributed by atoms with E-state index in [1.807, 2.05) is 0 Å². The number of ether oxygens (including phenoxy) is 1. The van der Waals surface area contributed by atoms with Gasteiger partial charge in [0, 0.05) is 12.5 Å². The highest BCUT2D eigenvalue weighted by Crippen LogP contribution is 2.41. The third-order valence-electron chi connectivity index (χ3n) is 3.29. The topological polar surface area (TPSA) is 90.2 Å². The van der Waals surface area contributed by atoms with Crippen LogP contribution in [0.1, 0.15) is 51.8 Å². The van der Waals surface area contributed by atoms with E-state index in [1.54, 1.807) is 6.92 Å². The number of rotatable bonds is 8. The number of aromatic nitrogens is 2. The van der Waals surface area contributed by atoms with Crippen LogP contribution in [0.15, 0.2) is 0 Å². The summed E-state index contributed by atoms with van der Waals surface area (Å²) in [4.78, 5) is 19.4. The van der Waals surface area contributed by atoms with E-state index >= 15 is 0 Å². The Balaban J connectivity index is 2.30. The first-order valence-electron chi connectivity index (χ1n) is 7.45. The number of hydrogen-bond donors (Lipinski definition) is 1. The Bertz CT molecular complexity index is 515. The van der Waals surface area contributed by atoms with Crippen LogP contribution in [-0.2, 0) is 0 Å². The summed E-state index contributed by atoms with van der Waals surface area (Å²) in [6, 6.07) is 0. The Morgan fingerprint density at radius 1 is 1.43 bits per heavy atom. The van der Waals surface area contributed by atoms with Gasteiger partial charge in [-0.05, 0) is 32.1 Å². The zero-order chi connectivity index (χ0) is 15.4. The minimum absolute atomic E-state index is 0.0754. The maximum atomic E-state index is 11.3. The molecule has 21 heavy (non-hydrogen) atoms. The summed E-state index contributed by atoms with van der Waals surface area (Å²) in [6.07, 6.45) is 2.99. The molecular formula is C14H22N4O3. The molecule has 7 heteroatoms. The molecule has 1 N–H and O–H groups in total. The van der Waals surface area contributed by atoms with Crippen molar-refractivity contribution in [2.75, 3.05) is 18.5 Å². The first-order valence-corrected chi connectivity index (χ1v) is 7.45. The summed E-state index contributed by atoms with van der Waals surface area (Å²) >= 11 is 0. The summed E-state index contributed by atoms with van der Waals surface area (Å²) in [5.74, 6) is 1.84. The molecule has 1 fully saturated rings. The van der Waals surface area contributed by atoms with Gasteiger partial charge in [-0.2, -0.15) is 4.98 Å². The minimum atomic E-state index is -0.473. The van der Waals surface area contributed by atoms with E-state index in [4.69, 9.17) is 4.74 Å². The molecule has 0 unspecified atom stereocenters. The number of hydrogen-bond acceptors (Lipinski definition) is 6. The van der Waals surface area contributed by atoms with Crippen LogP contribution in [0.5, 0.6) is 5.88 Å². The average Bonchev–Trinajstić information content (AvgIpc) is 3.22. The fourth-order valence-electron chi connectivity index (χ4n) is 1.98. The van der Waals surface area contributed by atoms with Crippen molar-refractivity contribution in [2.24, 2.45) is 5.92 Å². The monoisotopic (exact) mass is 294 g/mol. The van der Waals surface area contributed by atoms with Gasteiger partial charge in [0.25, 0.3) is 5.88 Å². The lowest BCUT2D eigenvalue weighted by molar-refractivity contribution is -0.385. The van der Waals surface area contributed by atoms with Crippen LogP contribution in [0.4, 0.5) is 11.5 Å². The molecule has 1 heterocycles. The van der Waals surface area contributed by atoms with E-state index in [1.165, 1.54) is 0 Å². The highest BCUT2D eigenvalue weighted by molar-refractivity contribution is 5.62. The van der Waals surface area contributed by atoms with Gasteiger partial charge in [0.15, 0.2) is 0 Å². The predicted molar refractivity (Wildman–Crippen MR) is 79.8 cm³/mol. The fraction of sp³-hybridized carbons (Fsp3) is 0.714. The molecule has 7 nitrogen and oxygen atoms in total. The lowest BCUT2D eigenvalue weighted by Gasteiger charge is -2.11. The van der Waals surface area contributed by atoms with Gasteiger partial charge < -0.3 is 10.1 Å². The predicted octanol–water partition coefficient (Wildman–Crippen LogP) is 3.12. The second-order valence-corrected chi connectivity index (χ2v) is 5.66. The van der Waals surface area contributed by atoms with E-state index in [0.717, 1.165) is 19.3 Å². The minimum Gasteiger partial charge on any atom is -0.473 e. The highest BCUT2D eigenvalue weighted by atomic mass is 16.6. The van der Waals surface area contributed by atoms with E-state index in [0.29, 0.717) is 30.8 Å². The van der Waals surface area contributed by atoms with Gasteiger partial charge in [-0.1, -0.05) is 13.8 Å². The molecule has 1 aliphatic carbocycles. The van der Waals surface area contributed by atoms with Gasteiger partial charge in [-0.25, -0.2) is 4.98 Å². The largest absolute Gasteiger partial charge is 0.473 e. The normalized spacial score (nSPS) is 14.3. The summed E-state index contributed by atoms with van der Waals surface area (Å²) in [5.41, 5.74) is -0.162. The van der Waals surface area contributed by atoms with Crippen molar-refractivity contribution in [1.82, 2.24) is 9.97 Å². The summed E-state index contributed by atoms with van der Waals surface area (Å²) in [7, 11) is 0. The van der Waals surface area contributed by atoms with Gasteiger partial charge >= 0.3 is 5.69 Å². The summed E-state index contributed by atoms with van der Waals surface area (Å²) in [6.45, 7) is 6.99. The van der Waals surface area contributed by atoms with Crippen LogP contribution in [0, 0.1) is 16.0 Å². The number of nitrogens with zero attached hydrogens (tertiary/aromatic N) is 3. The maximum Gasteiger partial charge on any atom is 0.372 e. The molecule has 2 rings (SSSR count). The van der Waals surface area contributed by atoms with Gasteiger partial charge in [0.1, 0.15) is 5.82 Å². The van der Waals surface area contributed by atoms with Gasteiger partial charge in [0.2, 0.25) is 5.82 Å². The molecule has 116 valence electrons. The molecule has 1 aromatic heterocycles. The van der Waals surface area contributed by atoms with Crippen LogP contribution in [0.25, 0.3) is 0 Å². The van der Waals surface area contributed by atoms with Crippen molar-refractivity contribution in [3.05, 3.63) is 15.9 Å². The fourth-order valence-corrected chi connectivity index (χ4v) is 1.98. The van der Waals surface area contributed by atoms with Gasteiger partial charge in [-0.15, -0.1) is 0 Å². The van der Waals surface area contributed by atoms with Crippen LogP contribution in [-0.4, -0.2) is 28.0 Å². The van der Waals surface area contributed by atoms with Crippen LogP contribution in [0.2, 0.25) is 0 Å². The van der Waals surface area contributed by atoms with Crippen molar-refractivity contribution in [2.45, 2.75) is 46.0 Å². The number of nitrogens with one attached hydrogen (secondary N) is 1. The quantitative estimate of drug-likeness (QED) is 0.585. The molecule has 0 saturated heterocycles. The van der Waals surface area contributed by atoms with Crippen molar-refractivity contribution >= 4 is 11.5 Å². The SMILES string of the molecule is CCOc1nc(C2CC2)nc(NCCC(C)C)c1[N+](=O)[O-]. The van der Waals surface area contributed by atoms with Gasteiger partial charge in [0.05, 0.1) is 11.5 Å². The Hall–Kier alpha value is -1.92. The van der Waals surface area contributed by atoms with Crippen molar-refractivity contribution < 1.29 is 9.66 Å². The van der Waals surface area contributed by atoms with E-state index in [-0.39, 0.29) is 17.4 Å². The molecule has 0 atom stereocenters. The molecule has 1 aliphatic rings. The Morgan fingerprint density at radius 2 is 2.14 bits per heavy atom. The standard InChI is InChI=1S/C14H22N4O3/c1-4-21-14-11(18(19)20)13(15-8-7-9(2)3)16-12(17-14)10-5-6-10/h9-10H,4-8H2,1-3H3,(H,15,16,17). The molecule has 0 radical (unpaired) electrons. The highest BCUT2D eigenvalue weighted by Gasteiger charge is 2.32. The third-order valence-corrected chi connectivity index (χ3v) is 3.29. The lowest BCUT2D eigenvalue weighted by Crippen LogP contribution is -2.12. The Morgan fingerprint density at radius 3 is 2.67 bits per heavy atom. The second-order valence-electron chi connectivity index (χ2n) is 5.66. The maximum absolute atomic E-state index is 11.3. The molecule has 0 aromatic carbocycles. The molecule has 1 aromatic rings. The van der Waals surface area contributed by atoms with Crippen LogP contribution >= 0.6 is 0 Å². The zero-order valence-electron chi connectivity index (χ0n) is 12.8. The van der Waals surface area contributed by atoms with Gasteiger partial charge in [-0.3, -0.25) is 10.1 Å². The Labute approximate surface area is 124 Å². The molecule has 0 aliphatic heterocycles. The molecule has 1 saturated carbocycles. The summed E-state index contributed by atoms with van der Waals surface area (Å²) < 4.78 is 5.35. The number of nitro groups is 1. The number of anilines is 1. The van der Waals surface area contributed by atoms with E-state index in [2.05, 4.69) is 29.1 Å². The molecule has 0 amide bonds. The third kappa shape index (κ3) is 4.03. The molecule has 0 bridgehead atoms. The first-order chi connectivity index (χ1) is 10.0. The van der Waals surface area contributed by atoms with Crippen LogP contribution in [0.3, 0.4) is 0 Å². The first kappa shape index (κ1) is 15.5. The smallest absolute Gasteiger partial charge is 0.372 e. The van der Waals surface area contributed by atoms with E-state index in [9.17, 15) is 10.1 Å². The van der Waals surface area contributed by atoms with Crippen molar-refractivity contribution in [3.63, 3.8) is 0 Å². The van der Waals surface area contributed by atoms with Crippen molar-refractivity contribution in [1.29, 1.82) is 0 Å². The average molecular weight is 294 g/mol. The zero-order valence-corrected chi connectivity index (χ0v) is 12.8. The van der Waals surface area contributed by atoms with Crippen LogP contribution < -0.4 is 10.1 Å². The summed E-state index contributed by atoms with van der Waals surface area (Å²) in [5, 5.41) is 14.4. The molecule has 0 spiro atoms. The van der Waals surface area contributed by atoms with E-state index < -0.39 is 4.92 Å². The Kier molecular flexibility index (Phi) is 4.93. The second kappa shape index (κ2) is 6.69. The molecular weight excluding hydrogens is 272 g/mol. The lowest BCUT2D eigenvalue weighted by atomic mass is 10.1.